The van der Waals surface area contributed by atoms with Gasteiger partial charge in [-0.1, -0.05) is 6.07 Å². The predicted octanol–water partition coefficient (Wildman–Crippen LogP) is 2.87. The number of nitrogens with one attached hydrogen (secondary N) is 2. The van der Waals surface area contributed by atoms with Crippen LogP contribution < -0.4 is 9.64 Å². The predicted molar refractivity (Wildman–Crippen MR) is 107 cm³/mol. The Morgan fingerprint density at radius 2 is 1.89 bits per heavy atom. The highest BCUT2D eigenvalue weighted by molar-refractivity contribution is 5.97. The maximum Gasteiger partial charge on any atom is 0.159 e. The van der Waals surface area contributed by atoms with Crippen LogP contribution in [0, 0.1) is 0 Å². The summed E-state index contributed by atoms with van der Waals surface area (Å²) in [5, 5.41) is 8.49. The van der Waals surface area contributed by atoms with Crippen LogP contribution in [0.3, 0.4) is 0 Å². The third-order valence-electron chi connectivity index (χ3n) is 5.33. The fourth-order valence-corrected chi connectivity index (χ4v) is 3.75. The van der Waals surface area contributed by atoms with E-state index in [1.807, 2.05) is 18.2 Å². The van der Waals surface area contributed by atoms with E-state index >= 15 is 0 Å². The number of piperazine rings is 1. The molecular weight excluding hydrogens is 340 g/mol. The van der Waals surface area contributed by atoms with Crippen LogP contribution in [0.25, 0.3) is 33.5 Å². The van der Waals surface area contributed by atoms with Gasteiger partial charge in [-0.15, -0.1) is 0 Å². The Morgan fingerprint density at radius 1 is 1.04 bits per heavy atom. The molecule has 2 aromatic heterocycles. The van der Waals surface area contributed by atoms with E-state index in [1.54, 1.807) is 7.11 Å². The molecule has 0 radical (unpaired) electrons. The average molecular weight is 362 g/mol. The number of aromatic amines is 2. The van der Waals surface area contributed by atoms with E-state index in [-0.39, 0.29) is 0 Å². The van der Waals surface area contributed by atoms with Crippen LogP contribution in [0.4, 0.5) is 5.69 Å². The summed E-state index contributed by atoms with van der Waals surface area (Å²) in [6.07, 6.45) is 0. The zero-order chi connectivity index (χ0) is 18.4. The minimum Gasteiger partial charge on any atom is -0.496 e. The second-order valence-electron chi connectivity index (χ2n) is 7.03. The van der Waals surface area contributed by atoms with Crippen molar-refractivity contribution in [3.8, 4) is 17.3 Å². The molecule has 0 saturated carbocycles. The number of methoxy groups -OCH3 is 1. The van der Waals surface area contributed by atoms with Gasteiger partial charge in [0.1, 0.15) is 11.4 Å². The Bertz CT molecular complexity index is 1110. The second-order valence-corrected chi connectivity index (χ2v) is 7.03. The lowest BCUT2D eigenvalue weighted by Crippen LogP contribution is -2.44. The van der Waals surface area contributed by atoms with E-state index in [4.69, 9.17) is 9.72 Å². The number of likely N-dealkylation sites (N-methyl/N-ethyl adjacent to an activating group) is 1. The molecule has 3 heterocycles. The second kappa shape index (κ2) is 6.28. The number of anilines is 1. The summed E-state index contributed by atoms with van der Waals surface area (Å²) in [7, 11) is 3.84. The summed E-state index contributed by atoms with van der Waals surface area (Å²) < 4.78 is 5.52. The van der Waals surface area contributed by atoms with Crippen molar-refractivity contribution in [3.63, 3.8) is 0 Å². The van der Waals surface area contributed by atoms with Gasteiger partial charge in [0.2, 0.25) is 0 Å². The van der Waals surface area contributed by atoms with Crippen molar-refractivity contribution in [2.24, 2.45) is 0 Å². The number of fused-ring (bicyclic) bond motifs is 2. The molecule has 0 amide bonds. The SMILES string of the molecule is COc1cccc2[nH]nc(-c3nc4ccc(N5CCN(C)CC5)cc4[nH]3)c12. The summed E-state index contributed by atoms with van der Waals surface area (Å²) in [5.74, 6) is 1.53. The number of hydrogen-bond donors (Lipinski definition) is 2. The summed E-state index contributed by atoms with van der Waals surface area (Å²) in [6, 6.07) is 12.3. The van der Waals surface area contributed by atoms with Crippen LogP contribution in [0.5, 0.6) is 5.75 Å². The monoisotopic (exact) mass is 362 g/mol. The molecule has 1 saturated heterocycles. The van der Waals surface area contributed by atoms with E-state index < -0.39 is 0 Å². The van der Waals surface area contributed by atoms with Crippen molar-refractivity contribution >= 4 is 27.6 Å². The molecule has 7 heteroatoms. The molecule has 1 aliphatic rings. The first-order valence-electron chi connectivity index (χ1n) is 9.17. The minimum absolute atomic E-state index is 0.747. The van der Waals surface area contributed by atoms with E-state index in [0.717, 1.165) is 65.4 Å². The number of rotatable bonds is 3. The average Bonchev–Trinajstić information content (AvgIpc) is 3.31. The zero-order valence-electron chi connectivity index (χ0n) is 15.5. The fraction of sp³-hybridized carbons (Fsp3) is 0.300. The number of hydrogen-bond acceptors (Lipinski definition) is 5. The largest absolute Gasteiger partial charge is 0.496 e. The van der Waals surface area contributed by atoms with E-state index in [9.17, 15) is 0 Å². The van der Waals surface area contributed by atoms with Crippen molar-refractivity contribution in [2.75, 3.05) is 45.2 Å². The number of imidazole rings is 1. The number of aromatic nitrogens is 4. The lowest BCUT2D eigenvalue weighted by molar-refractivity contribution is 0.313. The quantitative estimate of drug-likeness (QED) is 0.586. The Hall–Kier alpha value is -3.06. The standard InChI is InChI=1S/C20H22N6O/c1-25-8-10-26(11-9-25)13-6-7-14-16(12-13)22-20(21-14)19-18-15(23-24-19)4-3-5-17(18)27-2/h3-7,12H,8-11H2,1-2H3,(H,21,22)(H,23,24). The van der Waals surface area contributed by atoms with Crippen LogP contribution in [-0.2, 0) is 0 Å². The number of ether oxygens (including phenoxy) is 1. The molecule has 4 aromatic rings. The van der Waals surface area contributed by atoms with Crippen LogP contribution >= 0.6 is 0 Å². The minimum atomic E-state index is 0.747. The highest BCUT2D eigenvalue weighted by atomic mass is 16.5. The molecule has 0 unspecified atom stereocenters. The highest BCUT2D eigenvalue weighted by Crippen LogP contribution is 2.33. The first-order chi connectivity index (χ1) is 13.2. The van der Waals surface area contributed by atoms with Crippen molar-refractivity contribution in [1.29, 1.82) is 0 Å². The Labute approximate surface area is 156 Å². The highest BCUT2D eigenvalue weighted by Gasteiger charge is 2.18. The molecule has 0 aliphatic carbocycles. The van der Waals surface area contributed by atoms with Gasteiger partial charge < -0.3 is 19.5 Å². The van der Waals surface area contributed by atoms with Gasteiger partial charge in [0.25, 0.3) is 0 Å². The Morgan fingerprint density at radius 3 is 2.70 bits per heavy atom. The molecule has 7 nitrogen and oxygen atoms in total. The van der Waals surface area contributed by atoms with Crippen molar-refractivity contribution in [2.45, 2.75) is 0 Å². The fourth-order valence-electron chi connectivity index (χ4n) is 3.75. The van der Waals surface area contributed by atoms with Crippen LogP contribution in [-0.4, -0.2) is 65.4 Å². The summed E-state index contributed by atoms with van der Waals surface area (Å²) in [5.41, 5.74) is 4.90. The molecule has 27 heavy (non-hydrogen) atoms. The summed E-state index contributed by atoms with van der Waals surface area (Å²) >= 11 is 0. The smallest absolute Gasteiger partial charge is 0.159 e. The molecule has 2 aromatic carbocycles. The van der Waals surface area contributed by atoms with Crippen molar-refractivity contribution < 1.29 is 4.74 Å². The molecular formula is C20H22N6O. The van der Waals surface area contributed by atoms with Gasteiger partial charge in [-0.2, -0.15) is 5.10 Å². The molecule has 0 atom stereocenters. The summed E-state index contributed by atoms with van der Waals surface area (Å²) in [4.78, 5) is 13.0. The topological polar surface area (TPSA) is 73.1 Å². The van der Waals surface area contributed by atoms with Crippen LogP contribution in [0.1, 0.15) is 0 Å². The summed E-state index contributed by atoms with van der Waals surface area (Å²) in [6.45, 7) is 4.27. The van der Waals surface area contributed by atoms with Gasteiger partial charge in [-0.05, 0) is 37.4 Å². The van der Waals surface area contributed by atoms with Gasteiger partial charge in [-0.3, -0.25) is 5.10 Å². The van der Waals surface area contributed by atoms with Gasteiger partial charge >= 0.3 is 0 Å². The maximum atomic E-state index is 5.52. The normalized spacial score (nSPS) is 15.7. The first kappa shape index (κ1) is 16.1. The molecule has 0 spiro atoms. The van der Waals surface area contributed by atoms with Gasteiger partial charge in [0, 0.05) is 31.9 Å². The molecule has 138 valence electrons. The Kier molecular flexibility index (Phi) is 3.75. The van der Waals surface area contributed by atoms with Crippen LogP contribution in [0.15, 0.2) is 36.4 Å². The van der Waals surface area contributed by atoms with Crippen molar-refractivity contribution in [1.82, 2.24) is 25.1 Å². The third kappa shape index (κ3) is 2.71. The number of H-pyrrole nitrogens is 2. The van der Waals surface area contributed by atoms with Gasteiger partial charge in [0.05, 0.1) is 29.0 Å². The lowest BCUT2D eigenvalue weighted by Gasteiger charge is -2.34. The number of nitrogens with zero attached hydrogens (tertiary/aromatic N) is 4. The molecule has 0 bridgehead atoms. The lowest BCUT2D eigenvalue weighted by atomic mass is 10.2. The van der Waals surface area contributed by atoms with Crippen LogP contribution in [0.2, 0.25) is 0 Å². The van der Waals surface area contributed by atoms with E-state index in [1.165, 1.54) is 5.69 Å². The van der Waals surface area contributed by atoms with Gasteiger partial charge in [0.15, 0.2) is 5.82 Å². The Balaban J connectivity index is 1.56. The van der Waals surface area contributed by atoms with E-state index in [0.29, 0.717) is 0 Å². The first-order valence-corrected chi connectivity index (χ1v) is 9.17. The zero-order valence-corrected chi connectivity index (χ0v) is 15.5. The maximum absolute atomic E-state index is 5.52. The molecule has 2 N–H and O–H groups in total. The molecule has 1 fully saturated rings. The molecule has 1 aliphatic heterocycles. The van der Waals surface area contributed by atoms with Gasteiger partial charge in [-0.25, -0.2) is 4.98 Å². The molecule has 5 rings (SSSR count). The van der Waals surface area contributed by atoms with E-state index in [2.05, 4.69) is 50.2 Å². The third-order valence-corrected chi connectivity index (χ3v) is 5.33. The van der Waals surface area contributed by atoms with Crippen molar-refractivity contribution in [3.05, 3.63) is 36.4 Å². The number of benzene rings is 2.